The SMILES string of the molecule is COc1c(Cl)ccc(-c2cc(C(=O)O)[nH]n2)c1OC. The van der Waals surface area contributed by atoms with Gasteiger partial charge in [0.2, 0.25) is 0 Å². The zero-order chi connectivity index (χ0) is 14.0. The highest BCUT2D eigenvalue weighted by molar-refractivity contribution is 6.32. The summed E-state index contributed by atoms with van der Waals surface area (Å²) in [6.07, 6.45) is 0. The van der Waals surface area contributed by atoms with E-state index in [2.05, 4.69) is 10.2 Å². The summed E-state index contributed by atoms with van der Waals surface area (Å²) in [5, 5.41) is 15.6. The maximum absolute atomic E-state index is 10.8. The molecular weight excluding hydrogens is 272 g/mol. The Bertz CT molecular complexity index is 624. The molecule has 0 saturated carbocycles. The Morgan fingerprint density at radius 1 is 1.32 bits per heavy atom. The van der Waals surface area contributed by atoms with Crippen LogP contribution in [0.3, 0.4) is 0 Å². The zero-order valence-electron chi connectivity index (χ0n) is 10.2. The molecule has 0 atom stereocenters. The number of carboxylic acid groups (broad SMARTS) is 1. The number of benzene rings is 1. The first-order valence-corrected chi connectivity index (χ1v) is 5.65. The molecule has 0 radical (unpaired) electrons. The third-order valence-corrected chi connectivity index (χ3v) is 2.85. The highest BCUT2D eigenvalue weighted by atomic mass is 35.5. The Labute approximate surface area is 113 Å². The van der Waals surface area contributed by atoms with Crippen LogP contribution in [-0.4, -0.2) is 35.5 Å². The molecule has 0 spiro atoms. The molecule has 0 aliphatic carbocycles. The Morgan fingerprint density at radius 2 is 2.00 bits per heavy atom. The Balaban J connectivity index is 2.58. The molecule has 0 aliphatic heterocycles. The van der Waals surface area contributed by atoms with E-state index < -0.39 is 5.97 Å². The topological polar surface area (TPSA) is 84.4 Å². The maximum Gasteiger partial charge on any atom is 0.353 e. The predicted octanol–water partition coefficient (Wildman–Crippen LogP) is 2.45. The van der Waals surface area contributed by atoms with Gasteiger partial charge in [0.25, 0.3) is 0 Å². The van der Waals surface area contributed by atoms with E-state index in [9.17, 15) is 4.79 Å². The second kappa shape index (κ2) is 5.19. The number of carboxylic acids is 1. The molecule has 100 valence electrons. The maximum atomic E-state index is 10.8. The number of ether oxygens (including phenoxy) is 2. The molecule has 2 N–H and O–H groups in total. The lowest BCUT2D eigenvalue weighted by atomic mass is 10.1. The van der Waals surface area contributed by atoms with Crippen LogP contribution in [-0.2, 0) is 0 Å². The molecule has 0 unspecified atom stereocenters. The van der Waals surface area contributed by atoms with Crippen molar-refractivity contribution in [2.75, 3.05) is 14.2 Å². The van der Waals surface area contributed by atoms with Gasteiger partial charge < -0.3 is 14.6 Å². The second-order valence-corrected chi connectivity index (χ2v) is 4.04. The van der Waals surface area contributed by atoms with E-state index in [0.29, 0.717) is 27.8 Å². The summed E-state index contributed by atoms with van der Waals surface area (Å²) in [4.78, 5) is 10.8. The van der Waals surface area contributed by atoms with E-state index in [0.717, 1.165) is 0 Å². The first-order chi connectivity index (χ1) is 9.08. The van der Waals surface area contributed by atoms with Gasteiger partial charge in [-0.3, -0.25) is 5.10 Å². The number of aromatic amines is 1. The summed E-state index contributed by atoms with van der Waals surface area (Å²) in [5.41, 5.74) is 1.02. The van der Waals surface area contributed by atoms with Crippen LogP contribution in [0.5, 0.6) is 11.5 Å². The largest absolute Gasteiger partial charge is 0.492 e. The predicted molar refractivity (Wildman–Crippen MR) is 69.1 cm³/mol. The summed E-state index contributed by atoms with van der Waals surface area (Å²) in [7, 11) is 2.95. The lowest BCUT2D eigenvalue weighted by molar-refractivity contribution is 0.0690. The quantitative estimate of drug-likeness (QED) is 0.900. The van der Waals surface area contributed by atoms with Crippen LogP contribution >= 0.6 is 11.6 Å². The van der Waals surface area contributed by atoms with Crippen molar-refractivity contribution in [3.63, 3.8) is 0 Å². The van der Waals surface area contributed by atoms with Crippen molar-refractivity contribution in [2.45, 2.75) is 0 Å². The summed E-state index contributed by atoms with van der Waals surface area (Å²) in [6.45, 7) is 0. The number of aromatic carboxylic acids is 1. The van der Waals surface area contributed by atoms with Gasteiger partial charge >= 0.3 is 5.97 Å². The summed E-state index contributed by atoms with van der Waals surface area (Å²) >= 11 is 6.00. The van der Waals surface area contributed by atoms with Crippen LogP contribution in [0.4, 0.5) is 0 Å². The van der Waals surface area contributed by atoms with Crippen molar-refractivity contribution in [1.29, 1.82) is 0 Å². The monoisotopic (exact) mass is 282 g/mol. The number of halogens is 1. The van der Waals surface area contributed by atoms with E-state index in [4.69, 9.17) is 26.2 Å². The van der Waals surface area contributed by atoms with E-state index >= 15 is 0 Å². The van der Waals surface area contributed by atoms with Crippen molar-refractivity contribution in [3.05, 3.63) is 28.9 Å². The van der Waals surface area contributed by atoms with Crippen molar-refractivity contribution >= 4 is 17.6 Å². The van der Waals surface area contributed by atoms with Crippen molar-refractivity contribution < 1.29 is 19.4 Å². The lowest BCUT2D eigenvalue weighted by Crippen LogP contribution is -1.95. The molecule has 2 aromatic rings. The van der Waals surface area contributed by atoms with E-state index in [-0.39, 0.29) is 5.69 Å². The van der Waals surface area contributed by atoms with E-state index in [1.165, 1.54) is 20.3 Å². The number of methoxy groups -OCH3 is 2. The third-order valence-electron chi connectivity index (χ3n) is 2.56. The van der Waals surface area contributed by atoms with Crippen LogP contribution < -0.4 is 9.47 Å². The number of carbonyl (C=O) groups is 1. The van der Waals surface area contributed by atoms with Gasteiger partial charge in [0.1, 0.15) is 5.69 Å². The molecule has 0 bridgehead atoms. The van der Waals surface area contributed by atoms with Gasteiger partial charge in [-0.15, -0.1) is 0 Å². The standard InChI is InChI=1S/C12H11ClN2O4/c1-18-10-6(3-4-7(13)11(10)19-2)8-5-9(12(16)17)15-14-8/h3-5H,1-2H3,(H,14,15)(H,16,17). The molecule has 0 saturated heterocycles. The lowest BCUT2D eigenvalue weighted by Gasteiger charge is -2.12. The molecule has 0 fully saturated rings. The van der Waals surface area contributed by atoms with Gasteiger partial charge in [0.15, 0.2) is 11.5 Å². The van der Waals surface area contributed by atoms with Gasteiger partial charge in [-0.1, -0.05) is 11.6 Å². The zero-order valence-corrected chi connectivity index (χ0v) is 11.0. The highest BCUT2D eigenvalue weighted by Gasteiger charge is 2.18. The smallest absolute Gasteiger partial charge is 0.353 e. The van der Waals surface area contributed by atoms with Crippen LogP contribution in [0.2, 0.25) is 5.02 Å². The van der Waals surface area contributed by atoms with Crippen LogP contribution in [0.25, 0.3) is 11.3 Å². The van der Waals surface area contributed by atoms with Crippen LogP contribution in [0.15, 0.2) is 18.2 Å². The molecule has 19 heavy (non-hydrogen) atoms. The molecule has 0 amide bonds. The number of rotatable bonds is 4. The molecule has 0 aliphatic rings. The number of H-pyrrole nitrogens is 1. The molecule has 1 aromatic carbocycles. The molecular formula is C12H11ClN2O4. The third kappa shape index (κ3) is 2.34. The van der Waals surface area contributed by atoms with Gasteiger partial charge in [-0.05, 0) is 18.2 Å². The van der Waals surface area contributed by atoms with Crippen LogP contribution in [0.1, 0.15) is 10.5 Å². The second-order valence-electron chi connectivity index (χ2n) is 3.63. The van der Waals surface area contributed by atoms with Crippen molar-refractivity contribution in [2.24, 2.45) is 0 Å². The average molecular weight is 283 g/mol. The average Bonchev–Trinajstić information content (AvgIpc) is 2.87. The van der Waals surface area contributed by atoms with Gasteiger partial charge in [0.05, 0.1) is 24.9 Å². The minimum Gasteiger partial charge on any atom is -0.492 e. The first kappa shape index (κ1) is 13.2. The van der Waals surface area contributed by atoms with Crippen LogP contribution in [0, 0.1) is 0 Å². The van der Waals surface area contributed by atoms with Crippen molar-refractivity contribution in [1.82, 2.24) is 10.2 Å². The molecule has 7 heteroatoms. The number of hydrogen-bond donors (Lipinski definition) is 2. The fourth-order valence-corrected chi connectivity index (χ4v) is 1.93. The molecule has 2 rings (SSSR count). The Morgan fingerprint density at radius 3 is 2.53 bits per heavy atom. The number of hydrogen-bond acceptors (Lipinski definition) is 4. The van der Waals surface area contributed by atoms with Crippen molar-refractivity contribution in [3.8, 4) is 22.8 Å². The fourth-order valence-electron chi connectivity index (χ4n) is 1.70. The number of nitrogens with one attached hydrogen (secondary N) is 1. The highest BCUT2D eigenvalue weighted by Crippen LogP contribution is 2.42. The first-order valence-electron chi connectivity index (χ1n) is 5.28. The summed E-state index contributed by atoms with van der Waals surface area (Å²) in [5.74, 6) is -0.307. The summed E-state index contributed by atoms with van der Waals surface area (Å²) in [6, 6.07) is 4.73. The summed E-state index contributed by atoms with van der Waals surface area (Å²) < 4.78 is 10.4. The normalized spacial score (nSPS) is 10.3. The molecule has 6 nitrogen and oxygen atoms in total. The minimum atomic E-state index is -1.08. The minimum absolute atomic E-state index is 0.00836. The van der Waals surface area contributed by atoms with Gasteiger partial charge in [-0.25, -0.2) is 4.79 Å². The fraction of sp³-hybridized carbons (Fsp3) is 0.167. The Kier molecular flexibility index (Phi) is 3.62. The van der Waals surface area contributed by atoms with E-state index in [1.54, 1.807) is 12.1 Å². The number of nitrogens with zero attached hydrogens (tertiary/aromatic N) is 1. The molecule has 1 heterocycles. The number of aromatic nitrogens is 2. The van der Waals surface area contributed by atoms with Gasteiger partial charge in [0, 0.05) is 5.56 Å². The van der Waals surface area contributed by atoms with E-state index in [1.807, 2.05) is 0 Å². The van der Waals surface area contributed by atoms with Gasteiger partial charge in [-0.2, -0.15) is 5.10 Å². The molecule has 1 aromatic heterocycles. The Hall–Kier alpha value is -2.21.